The molecule has 0 saturated carbocycles. The SMILES string of the molecule is C.C.C.C.C.C.CCC.CCCS.CCCSCC.CCCSCC.CCO.CCSc1ncn[nH]1.CCSc1ncn[nH]1.CO.CO.COc1ccccc1.COc1ccccc1.Oc1ccccc1.Oc1ccccc1.Oc1ccccc1.Oc1ccccc1.[CH3-].[I][V][I].[I][V][I].[Y]. The minimum atomic E-state index is 0. The topological polar surface area (TPSA) is 243 Å². The molecule has 0 aliphatic rings. The molecular formula is C73H135I4N6O9S5V2Y-. The number of nitrogens with zero attached hydrogens (tertiary/aromatic N) is 4. The number of H-pyrrole nitrogens is 2. The van der Waals surface area contributed by atoms with Crippen LogP contribution in [0.4, 0.5) is 0 Å². The molecule has 9 N–H and O–H groups in total. The third kappa shape index (κ3) is 147. The fourth-order valence-corrected chi connectivity index (χ4v) is 6.38. The van der Waals surface area contributed by atoms with E-state index >= 15 is 0 Å². The van der Waals surface area contributed by atoms with Crippen molar-refractivity contribution in [3.05, 3.63) is 202 Å². The van der Waals surface area contributed by atoms with Crippen LogP contribution in [0.2, 0.25) is 0 Å². The maximum Gasteiger partial charge on any atom is 0 e. The molecule has 2 aromatic heterocycles. The summed E-state index contributed by atoms with van der Waals surface area (Å²) in [5.74, 6) is 11.4. The van der Waals surface area contributed by atoms with Crippen molar-refractivity contribution in [2.75, 3.05) is 75.3 Å². The summed E-state index contributed by atoms with van der Waals surface area (Å²) >= 11 is 20.7. The number of phenols is 4. The van der Waals surface area contributed by atoms with Crippen LogP contribution in [0.3, 0.4) is 0 Å². The second kappa shape index (κ2) is 141. The molecule has 0 spiro atoms. The molecule has 0 atom stereocenters. The van der Waals surface area contributed by atoms with Crippen molar-refractivity contribution in [3.8, 4) is 34.5 Å². The zero-order valence-corrected chi connectivity index (χ0v) is 76.2. The Morgan fingerprint density at radius 2 is 0.600 bits per heavy atom. The number of thioether (sulfide) groups is 4. The summed E-state index contributed by atoms with van der Waals surface area (Å²) in [5, 5.41) is 70.7. The molecule has 6 aromatic carbocycles. The van der Waals surface area contributed by atoms with Gasteiger partial charge in [-0.1, -0.05) is 246 Å². The number of hydrogen-bond acceptors (Lipinski definition) is 18. The summed E-state index contributed by atoms with van der Waals surface area (Å²) in [6, 6.07) is 54.2. The van der Waals surface area contributed by atoms with E-state index in [2.05, 4.69) is 185 Å². The maximum absolute atomic E-state index is 8.63. The van der Waals surface area contributed by atoms with Crippen LogP contribution < -0.4 is 9.47 Å². The molecule has 583 valence electrons. The second-order valence-electron chi connectivity index (χ2n) is 15.1. The van der Waals surface area contributed by atoms with E-state index in [1.54, 1.807) is 142 Å². The number of aliphatic hydroxyl groups excluding tert-OH is 3. The third-order valence-corrected chi connectivity index (χ3v) is 11.8. The molecule has 27 heteroatoms. The number of ether oxygens (including phenoxy) is 2. The van der Waals surface area contributed by atoms with Gasteiger partial charge in [0.2, 0.25) is 0 Å². The van der Waals surface area contributed by atoms with Gasteiger partial charge in [0.25, 0.3) is 0 Å². The Morgan fingerprint density at radius 3 is 0.690 bits per heavy atom. The summed E-state index contributed by atoms with van der Waals surface area (Å²) < 4.78 is 9.83. The Hall–Kier alpha value is -0.777. The van der Waals surface area contributed by atoms with Gasteiger partial charge in [0.1, 0.15) is 47.2 Å². The maximum atomic E-state index is 8.63. The molecule has 0 amide bonds. The van der Waals surface area contributed by atoms with Crippen LogP contribution >= 0.6 is 140 Å². The molecule has 8 aromatic rings. The molecule has 0 bridgehead atoms. The molecule has 0 saturated heterocycles. The van der Waals surface area contributed by atoms with Gasteiger partial charge >= 0.3 is 98.8 Å². The first-order chi connectivity index (χ1) is 44.7. The van der Waals surface area contributed by atoms with E-state index in [4.69, 9.17) is 45.2 Å². The molecule has 2 heterocycles. The molecule has 0 fully saturated rings. The first kappa shape index (κ1) is 142. The second-order valence-corrected chi connectivity index (χ2v) is 44.4. The zero-order chi connectivity index (χ0) is 71.6. The Morgan fingerprint density at radius 1 is 0.410 bits per heavy atom. The first-order valence-corrected chi connectivity index (χ1v) is 51.9. The average molecular weight is 2100 g/mol. The largest absolute Gasteiger partial charge is 0 e. The van der Waals surface area contributed by atoms with Crippen molar-refractivity contribution in [1.29, 1.82) is 0 Å². The van der Waals surface area contributed by atoms with Crippen LogP contribution in [0.5, 0.6) is 34.5 Å². The molecular weight excluding hydrogens is 1960 g/mol. The predicted molar refractivity (Wildman–Crippen MR) is 483 cm³/mol. The molecule has 1 radical (unpaired) electrons. The summed E-state index contributed by atoms with van der Waals surface area (Å²) in [4.78, 5) is 7.80. The van der Waals surface area contributed by atoms with Gasteiger partial charge in [-0.05, 0) is 139 Å². The molecule has 15 nitrogen and oxygen atoms in total. The quantitative estimate of drug-likeness (QED) is 0.0170. The van der Waals surface area contributed by atoms with Crippen molar-refractivity contribution < 1.29 is 96.9 Å². The smallest absolute Gasteiger partial charge is 0 e. The van der Waals surface area contributed by atoms with Crippen LogP contribution in [0, 0.1) is 7.43 Å². The van der Waals surface area contributed by atoms with Crippen LogP contribution in [0.15, 0.2) is 205 Å². The first-order valence-electron chi connectivity index (χ1n) is 28.9. The summed E-state index contributed by atoms with van der Waals surface area (Å²) in [6.07, 6.45) is 8.09. The van der Waals surface area contributed by atoms with E-state index in [0.717, 1.165) is 53.3 Å². The van der Waals surface area contributed by atoms with Crippen LogP contribution in [0.1, 0.15) is 139 Å². The summed E-state index contributed by atoms with van der Waals surface area (Å²) in [5.41, 5.74) is 0. The van der Waals surface area contributed by atoms with Gasteiger partial charge in [-0.2, -0.15) is 46.3 Å². The van der Waals surface area contributed by atoms with Crippen molar-refractivity contribution in [1.82, 2.24) is 30.4 Å². The number of rotatable bonds is 13. The van der Waals surface area contributed by atoms with Gasteiger partial charge in [-0.15, -0.1) is 0 Å². The number of halogens is 4. The van der Waals surface area contributed by atoms with E-state index in [1.807, 2.05) is 108 Å². The number of aromatic nitrogens is 6. The number of thiol groups is 1. The summed E-state index contributed by atoms with van der Waals surface area (Å²) in [7, 11) is 6.58. The molecule has 8 rings (SSSR count). The number of benzene rings is 6. The van der Waals surface area contributed by atoms with E-state index in [1.165, 1.54) is 61.3 Å². The van der Waals surface area contributed by atoms with Crippen LogP contribution in [-0.4, -0.2) is 141 Å². The molecule has 0 aliphatic heterocycles. The van der Waals surface area contributed by atoms with Crippen molar-refractivity contribution in [3.63, 3.8) is 0 Å². The standard InChI is InChI=1S/2C7H8O.4C6H6O.2C5H12S.2C4H7N3S.C3H8S.C3H8.C2H6O.2CH4O.6CH4.CH3.4HI.2V.Y/c2*1-8-7-5-3-2-4-6-7;4*7-6-4-2-1-3-5-6;2*1-3-5-6-4-2;2*1-2-8-4-5-3-6-7-4;1-2-3-4;1-3-2;1-2-3;2*1-2;;;;;;;;;;;;;;/h2*2-6H,1H3;4*1-5,7H;2*3-5H2,1-2H3;2*3H,2H2,1H3,(H,5,6,7);4H,2-3H2,1H3;3H2,1-2H3;3H,2H2,1H3;2*2H,1H3;6*1H4;1H3;4*1H;;;/q;;;;;;;;;;;;;;;;;;;;;-1;;;;;2*+2;/p-4. The predicted octanol–water partition coefficient (Wildman–Crippen LogP) is 24.9. The molecule has 0 unspecified atom stereocenters. The normalized spacial score (nSPS) is 7.46. The summed E-state index contributed by atoms with van der Waals surface area (Å²) in [6.45, 7) is 21.2. The molecule has 0 aliphatic carbocycles. The van der Waals surface area contributed by atoms with Gasteiger partial charge in [0.15, 0.2) is 10.3 Å². The van der Waals surface area contributed by atoms with Crippen molar-refractivity contribution >= 4 is 140 Å². The Labute approximate surface area is 718 Å². The number of methoxy groups -OCH3 is 2. The van der Waals surface area contributed by atoms with Gasteiger partial charge < -0.3 is 52.6 Å². The Balaban J connectivity index is -0.0000000492. The average Bonchev–Trinajstić information content (AvgIpc) is 1.87. The van der Waals surface area contributed by atoms with E-state index < -0.39 is 0 Å². The van der Waals surface area contributed by atoms with E-state index in [0.29, 0.717) is 41.9 Å². The van der Waals surface area contributed by atoms with Gasteiger partial charge in [-0.25, -0.2) is 9.97 Å². The fraction of sp³-hybridized carbons (Fsp3) is 0.438. The van der Waals surface area contributed by atoms with Gasteiger partial charge in [0.05, 0.1) is 14.2 Å². The van der Waals surface area contributed by atoms with Gasteiger partial charge in [0, 0.05) is 53.5 Å². The number of para-hydroxylation sites is 6. The number of phenolic OH excluding ortho intramolecular Hbond substituents is 4. The van der Waals surface area contributed by atoms with Crippen molar-refractivity contribution in [2.24, 2.45) is 0 Å². The van der Waals surface area contributed by atoms with Crippen LogP contribution in [0.25, 0.3) is 0 Å². The number of hydrogen-bond donors (Lipinski definition) is 10. The monoisotopic (exact) mass is 2100 g/mol. The van der Waals surface area contributed by atoms with E-state index in [9.17, 15) is 0 Å². The number of aromatic amines is 2. The number of aromatic hydroxyl groups is 4. The zero-order valence-electron chi connectivity index (χ0n) is 57.8. The Kier molecular flexibility index (Phi) is 199. The fourth-order valence-electron chi connectivity index (χ4n) is 4.20. The third-order valence-electron chi connectivity index (χ3n) is 7.66. The van der Waals surface area contributed by atoms with Gasteiger partial charge in [-0.3, -0.25) is 10.2 Å². The molecule has 100 heavy (non-hydrogen) atoms. The van der Waals surface area contributed by atoms with E-state index in [-0.39, 0.29) is 91.3 Å². The Bertz CT molecular complexity index is 2100. The number of nitrogens with one attached hydrogen (secondary N) is 2. The number of aliphatic hydroxyl groups is 3. The van der Waals surface area contributed by atoms with Crippen LogP contribution in [-0.2, 0) is 51.6 Å². The minimum absolute atomic E-state index is 0. The van der Waals surface area contributed by atoms with Crippen molar-refractivity contribution in [2.45, 2.75) is 150 Å². The minimum Gasteiger partial charge on any atom is 0 e.